The summed E-state index contributed by atoms with van der Waals surface area (Å²) in [7, 11) is -4.43. The van der Waals surface area contributed by atoms with Crippen molar-refractivity contribution in [2.45, 2.75) is 50.3 Å². The van der Waals surface area contributed by atoms with Crippen LogP contribution in [-0.2, 0) is 14.1 Å². The van der Waals surface area contributed by atoms with E-state index in [0.29, 0.717) is 12.8 Å². The van der Waals surface area contributed by atoms with Crippen LogP contribution in [-0.4, -0.2) is 33.7 Å². The van der Waals surface area contributed by atoms with E-state index in [9.17, 15) is 9.36 Å². The summed E-state index contributed by atoms with van der Waals surface area (Å²) in [6.07, 6.45) is 3.85. The first-order valence-corrected chi connectivity index (χ1v) is 7.83. The van der Waals surface area contributed by atoms with Gasteiger partial charge in [-0.2, -0.15) is 0 Å². The zero-order chi connectivity index (χ0) is 13.8. The van der Waals surface area contributed by atoms with Crippen LogP contribution in [0.15, 0.2) is 0 Å². The largest absolute Gasteiger partial charge is 0.442 e. The zero-order valence-corrected chi connectivity index (χ0v) is 11.1. The van der Waals surface area contributed by atoms with Crippen molar-refractivity contribution in [3.8, 4) is 0 Å². The zero-order valence-electron chi connectivity index (χ0n) is 10.2. The van der Waals surface area contributed by atoms with E-state index in [1.165, 1.54) is 0 Å². The molecule has 0 aromatic carbocycles. The third kappa shape index (κ3) is 5.04. The van der Waals surface area contributed by atoms with Crippen LogP contribution in [0.2, 0.25) is 0 Å². The topological polar surface area (TPSA) is 136 Å². The van der Waals surface area contributed by atoms with Gasteiger partial charge in [-0.3, -0.25) is 15.1 Å². The summed E-state index contributed by atoms with van der Waals surface area (Å²) in [5, 5.41) is 0. The van der Waals surface area contributed by atoms with Gasteiger partial charge in [0.15, 0.2) is 5.72 Å². The Balaban J connectivity index is 2.65. The maximum atomic E-state index is 11.4. The van der Waals surface area contributed by atoms with Crippen LogP contribution in [0.5, 0.6) is 0 Å². The lowest BCUT2D eigenvalue weighted by atomic mass is 9.90. The van der Waals surface area contributed by atoms with Crippen LogP contribution in [0.3, 0.4) is 0 Å². The quantitative estimate of drug-likeness (QED) is 0.325. The van der Waals surface area contributed by atoms with Crippen LogP contribution < -0.4 is 11.5 Å². The Labute approximate surface area is 106 Å². The third-order valence-electron chi connectivity index (χ3n) is 3.10. The molecule has 7 nitrogen and oxygen atoms in total. The lowest BCUT2D eigenvalue weighted by molar-refractivity contribution is -0.160. The van der Waals surface area contributed by atoms with Gasteiger partial charge < -0.3 is 20.3 Å². The molecule has 0 spiro atoms. The number of nitrogens with two attached hydrogens (primary N) is 2. The number of hydrogen-bond donors (Lipinski definition) is 4. The SMILES string of the molecule is NC1CCCCCCC1(N)OC(=O)CP(=O)(O)O. The second-order valence-electron chi connectivity index (χ2n) is 4.81. The van der Waals surface area contributed by atoms with Crippen molar-refractivity contribution >= 4 is 13.6 Å². The molecule has 8 heteroatoms. The Kier molecular flexibility index (Phi) is 5.31. The molecule has 1 aliphatic carbocycles. The standard InChI is InChI=1S/C10H21N2O5P/c11-8-5-3-1-2-4-6-10(8,12)17-9(13)7-18(14,15)16/h8H,1-7,11-12H2,(H2,14,15,16). The first kappa shape index (κ1) is 15.6. The molecule has 0 aromatic rings. The van der Waals surface area contributed by atoms with Crippen molar-refractivity contribution in [3.63, 3.8) is 0 Å². The first-order valence-electron chi connectivity index (χ1n) is 6.04. The molecular formula is C10H21N2O5P. The molecule has 6 N–H and O–H groups in total. The van der Waals surface area contributed by atoms with Gasteiger partial charge in [-0.25, -0.2) is 0 Å². The van der Waals surface area contributed by atoms with E-state index in [0.717, 1.165) is 25.7 Å². The van der Waals surface area contributed by atoms with Crippen molar-refractivity contribution in [1.82, 2.24) is 0 Å². The third-order valence-corrected chi connectivity index (χ3v) is 3.77. The van der Waals surface area contributed by atoms with Gasteiger partial charge in [0.25, 0.3) is 0 Å². The Bertz CT molecular complexity index is 345. The minimum atomic E-state index is -4.43. The molecule has 0 amide bonds. The minimum absolute atomic E-state index is 0.418. The van der Waals surface area contributed by atoms with Crippen molar-refractivity contribution < 1.29 is 23.9 Å². The monoisotopic (exact) mass is 280 g/mol. The van der Waals surface area contributed by atoms with Gasteiger partial charge in [-0.1, -0.05) is 19.3 Å². The van der Waals surface area contributed by atoms with Crippen molar-refractivity contribution in [3.05, 3.63) is 0 Å². The van der Waals surface area contributed by atoms with Crippen LogP contribution in [0, 0.1) is 0 Å². The molecule has 0 aliphatic heterocycles. The smallest absolute Gasteiger partial charge is 0.336 e. The van der Waals surface area contributed by atoms with E-state index in [1.807, 2.05) is 0 Å². The Morgan fingerprint density at radius 1 is 1.33 bits per heavy atom. The fraction of sp³-hybridized carbons (Fsp3) is 0.900. The van der Waals surface area contributed by atoms with Crippen LogP contribution in [0.1, 0.15) is 38.5 Å². The molecule has 0 radical (unpaired) electrons. The summed E-state index contributed by atoms with van der Waals surface area (Å²) < 4.78 is 15.7. The van der Waals surface area contributed by atoms with Gasteiger partial charge in [0.1, 0.15) is 6.16 Å². The van der Waals surface area contributed by atoms with E-state index in [2.05, 4.69) is 0 Å². The fourth-order valence-electron chi connectivity index (χ4n) is 2.09. The summed E-state index contributed by atoms with van der Waals surface area (Å²) in [4.78, 5) is 28.8. The molecule has 1 fully saturated rings. The highest BCUT2D eigenvalue weighted by atomic mass is 31.2. The number of carbonyl (C=O) groups excluding carboxylic acids is 1. The van der Waals surface area contributed by atoms with Gasteiger partial charge in [-0.05, 0) is 12.8 Å². The van der Waals surface area contributed by atoms with Gasteiger partial charge in [0, 0.05) is 6.42 Å². The molecule has 2 atom stereocenters. The number of hydrogen-bond acceptors (Lipinski definition) is 5. The Morgan fingerprint density at radius 2 is 1.94 bits per heavy atom. The lowest BCUT2D eigenvalue weighted by Crippen LogP contribution is -2.58. The molecule has 0 aromatic heterocycles. The van der Waals surface area contributed by atoms with E-state index in [4.69, 9.17) is 26.0 Å². The number of rotatable bonds is 3. The second-order valence-corrected chi connectivity index (χ2v) is 6.46. The Hall–Kier alpha value is -0.460. The van der Waals surface area contributed by atoms with Crippen LogP contribution in [0.4, 0.5) is 0 Å². The molecule has 1 saturated carbocycles. The predicted molar refractivity (Wildman–Crippen MR) is 65.6 cm³/mol. The van der Waals surface area contributed by atoms with Gasteiger partial charge in [-0.15, -0.1) is 0 Å². The average molecular weight is 280 g/mol. The second kappa shape index (κ2) is 6.12. The maximum absolute atomic E-state index is 11.4. The highest BCUT2D eigenvalue weighted by molar-refractivity contribution is 7.52. The lowest BCUT2D eigenvalue weighted by Gasteiger charge is -2.36. The highest BCUT2D eigenvalue weighted by Crippen LogP contribution is 2.35. The van der Waals surface area contributed by atoms with Gasteiger partial charge >= 0.3 is 13.6 Å². The summed E-state index contributed by atoms with van der Waals surface area (Å²) in [5.74, 6) is -0.998. The minimum Gasteiger partial charge on any atom is -0.442 e. The molecule has 0 heterocycles. The van der Waals surface area contributed by atoms with Crippen molar-refractivity contribution in [2.75, 3.05) is 6.16 Å². The maximum Gasteiger partial charge on any atom is 0.336 e. The average Bonchev–Trinajstić information content (AvgIpc) is 2.17. The van der Waals surface area contributed by atoms with E-state index >= 15 is 0 Å². The fourth-order valence-corrected chi connectivity index (χ4v) is 2.49. The predicted octanol–water partition coefficient (Wildman–Crippen LogP) is 0.0438. The molecule has 1 aliphatic rings. The number of esters is 1. The van der Waals surface area contributed by atoms with Gasteiger partial charge in [0.2, 0.25) is 0 Å². The van der Waals surface area contributed by atoms with Crippen molar-refractivity contribution in [2.24, 2.45) is 11.5 Å². The van der Waals surface area contributed by atoms with Crippen LogP contribution >= 0.6 is 7.60 Å². The van der Waals surface area contributed by atoms with Crippen LogP contribution in [0.25, 0.3) is 0 Å². The molecular weight excluding hydrogens is 259 g/mol. The van der Waals surface area contributed by atoms with Gasteiger partial charge in [0.05, 0.1) is 6.04 Å². The molecule has 1 rings (SSSR count). The number of ether oxygens (including phenoxy) is 1. The van der Waals surface area contributed by atoms with E-state index in [-0.39, 0.29) is 0 Å². The normalized spacial score (nSPS) is 30.3. The highest BCUT2D eigenvalue weighted by Gasteiger charge is 2.38. The summed E-state index contributed by atoms with van der Waals surface area (Å²) in [6.45, 7) is 0. The van der Waals surface area contributed by atoms with E-state index < -0.39 is 31.5 Å². The molecule has 0 bridgehead atoms. The molecule has 0 saturated heterocycles. The summed E-state index contributed by atoms with van der Waals surface area (Å²) in [5.41, 5.74) is 10.6. The molecule has 106 valence electrons. The summed E-state index contributed by atoms with van der Waals surface area (Å²) >= 11 is 0. The first-order chi connectivity index (χ1) is 8.23. The molecule has 2 unspecified atom stereocenters. The van der Waals surface area contributed by atoms with E-state index in [1.54, 1.807) is 0 Å². The Morgan fingerprint density at radius 3 is 2.56 bits per heavy atom. The van der Waals surface area contributed by atoms with Crippen molar-refractivity contribution in [1.29, 1.82) is 0 Å². The summed E-state index contributed by atoms with van der Waals surface area (Å²) in [6, 6.07) is -0.501. The molecule has 18 heavy (non-hydrogen) atoms. The number of carbonyl (C=O) groups is 1.